The molecule has 2 amide bonds. The van der Waals surface area contributed by atoms with E-state index in [4.69, 9.17) is 11.6 Å². The number of halogens is 2. The van der Waals surface area contributed by atoms with E-state index in [1.165, 1.54) is 11.9 Å². The van der Waals surface area contributed by atoms with Gasteiger partial charge in [-0.15, -0.1) is 0 Å². The van der Waals surface area contributed by atoms with Gasteiger partial charge >= 0.3 is 0 Å². The number of hydrogen-bond acceptors (Lipinski definition) is 4. The van der Waals surface area contributed by atoms with Crippen LogP contribution in [0.1, 0.15) is 18.1 Å². The number of rotatable bonds is 8. The van der Waals surface area contributed by atoms with Crippen LogP contribution in [0.15, 0.2) is 46.9 Å². The lowest BCUT2D eigenvalue weighted by Gasteiger charge is -2.31. The van der Waals surface area contributed by atoms with Crippen molar-refractivity contribution in [2.75, 3.05) is 24.2 Å². The Balaban J connectivity index is 2.42. The summed E-state index contributed by atoms with van der Waals surface area (Å²) in [6.07, 6.45) is 1.03. The zero-order chi connectivity index (χ0) is 23.3. The molecule has 168 valence electrons. The Bertz CT molecular complexity index is 1060. The maximum Gasteiger partial charge on any atom is 0.244 e. The maximum atomic E-state index is 13.3. The Morgan fingerprint density at radius 3 is 2.32 bits per heavy atom. The normalized spacial score (nSPS) is 12.2. The average Bonchev–Trinajstić information content (AvgIpc) is 2.71. The van der Waals surface area contributed by atoms with Gasteiger partial charge in [-0.2, -0.15) is 0 Å². The van der Waals surface area contributed by atoms with Crippen molar-refractivity contribution in [3.63, 3.8) is 0 Å². The minimum absolute atomic E-state index is 0.146. The van der Waals surface area contributed by atoms with Crippen LogP contribution >= 0.6 is 27.5 Å². The number of likely N-dealkylation sites (N-methyl/N-ethyl adjacent to an activating group) is 1. The minimum atomic E-state index is -3.80. The van der Waals surface area contributed by atoms with Crippen molar-refractivity contribution in [3.8, 4) is 0 Å². The number of anilines is 1. The molecule has 7 nitrogen and oxygen atoms in total. The smallest absolute Gasteiger partial charge is 0.244 e. The fraction of sp³-hybridized carbons (Fsp3) is 0.333. The number of benzene rings is 2. The molecular weight excluding hydrogens is 506 g/mol. The summed E-state index contributed by atoms with van der Waals surface area (Å²) >= 11 is 9.53. The molecule has 1 unspecified atom stereocenters. The average molecular weight is 531 g/mol. The second kappa shape index (κ2) is 10.5. The summed E-state index contributed by atoms with van der Waals surface area (Å²) in [6, 6.07) is 11.4. The van der Waals surface area contributed by atoms with Gasteiger partial charge < -0.3 is 10.2 Å². The third kappa shape index (κ3) is 6.44. The largest absolute Gasteiger partial charge is 0.357 e. The molecule has 0 heterocycles. The lowest BCUT2D eigenvalue weighted by Crippen LogP contribution is -2.50. The molecule has 0 fully saturated rings. The number of carbonyl (C=O) groups excluding carboxylic acids is 2. The van der Waals surface area contributed by atoms with Gasteiger partial charge in [-0.25, -0.2) is 8.42 Å². The number of nitrogens with one attached hydrogen (secondary N) is 1. The SMILES string of the molecule is CNC(=O)C(C)N(Cc1ccc(Br)cc1)C(=O)CN(c1cccc(Cl)c1C)S(C)(=O)=O. The zero-order valence-corrected chi connectivity index (χ0v) is 20.9. The van der Waals surface area contributed by atoms with Crippen LogP contribution in [0.2, 0.25) is 5.02 Å². The van der Waals surface area contributed by atoms with Gasteiger partial charge in [0.25, 0.3) is 0 Å². The topological polar surface area (TPSA) is 86.8 Å². The van der Waals surface area contributed by atoms with Crippen LogP contribution in [0, 0.1) is 6.92 Å². The molecule has 1 atom stereocenters. The van der Waals surface area contributed by atoms with Crippen LogP contribution in [0.25, 0.3) is 0 Å². The first-order chi connectivity index (χ1) is 14.5. The molecule has 0 aliphatic rings. The molecule has 0 bridgehead atoms. The van der Waals surface area contributed by atoms with E-state index in [0.717, 1.165) is 20.6 Å². The summed E-state index contributed by atoms with van der Waals surface area (Å²) in [6.45, 7) is 2.97. The molecule has 0 saturated heterocycles. The summed E-state index contributed by atoms with van der Waals surface area (Å²) in [5, 5.41) is 2.93. The standard InChI is InChI=1S/C21H25BrClN3O4S/c1-14-18(23)6-5-7-19(14)26(31(4,29)30)13-20(27)25(15(2)21(28)24-3)12-16-8-10-17(22)11-9-16/h5-11,15H,12-13H2,1-4H3,(H,24,28). The Hall–Kier alpha value is -2.10. The molecule has 2 rings (SSSR count). The quantitative estimate of drug-likeness (QED) is 0.567. The lowest BCUT2D eigenvalue weighted by atomic mass is 10.1. The highest BCUT2D eigenvalue weighted by Gasteiger charge is 2.30. The van der Waals surface area contributed by atoms with E-state index in [0.29, 0.717) is 16.3 Å². The van der Waals surface area contributed by atoms with Gasteiger partial charge in [0.05, 0.1) is 11.9 Å². The molecule has 0 radical (unpaired) electrons. The van der Waals surface area contributed by atoms with Crippen molar-refractivity contribution >= 4 is 55.1 Å². The molecule has 0 aliphatic carbocycles. The van der Waals surface area contributed by atoms with Crippen LogP contribution in [0.4, 0.5) is 5.69 Å². The molecule has 2 aromatic carbocycles. The Morgan fingerprint density at radius 1 is 1.16 bits per heavy atom. The summed E-state index contributed by atoms with van der Waals surface area (Å²) < 4.78 is 27.0. The van der Waals surface area contributed by atoms with Crippen LogP contribution < -0.4 is 9.62 Å². The molecule has 31 heavy (non-hydrogen) atoms. The lowest BCUT2D eigenvalue weighted by molar-refractivity contribution is -0.139. The summed E-state index contributed by atoms with van der Waals surface area (Å²) in [7, 11) is -2.31. The van der Waals surface area contributed by atoms with Gasteiger partial charge in [0.2, 0.25) is 21.8 Å². The molecule has 1 N–H and O–H groups in total. The van der Waals surface area contributed by atoms with E-state index in [1.54, 1.807) is 32.0 Å². The number of carbonyl (C=O) groups is 2. The summed E-state index contributed by atoms with van der Waals surface area (Å²) in [5.41, 5.74) is 1.66. The highest BCUT2D eigenvalue weighted by Crippen LogP contribution is 2.28. The number of amides is 2. The van der Waals surface area contributed by atoms with Crippen LogP contribution in [0.3, 0.4) is 0 Å². The van der Waals surface area contributed by atoms with Gasteiger partial charge in [-0.1, -0.05) is 45.7 Å². The molecule has 0 spiro atoms. The van der Waals surface area contributed by atoms with Crippen LogP contribution in [-0.2, 0) is 26.2 Å². The van der Waals surface area contributed by atoms with Gasteiger partial charge in [0.1, 0.15) is 12.6 Å². The molecule has 10 heteroatoms. The first-order valence-electron chi connectivity index (χ1n) is 9.44. The Kier molecular flexibility index (Phi) is 8.50. The molecular formula is C21H25BrClN3O4S. The van der Waals surface area contributed by atoms with Crippen molar-refractivity contribution in [1.29, 1.82) is 0 Å². The second-order valence-electron chi connectivity index (χ2n) is 7.09. The van der Waals surface area contributed by atoms with Gasteiger partial charge in [-0.05, 0) is 49.2 Å². The predicted octanol–water partition coefficient (Wildman–Crippen LogP) is 3.34. The van der Waals surface area contributed by atoms with Crippen molar-refractivity contribution in [2.24, 2.45) is 0 Å². The number of sulfonamides is 1. The van der Waals surface area contributed by atoms with Crippen LogP contribution in [-0.4, -0.2) is 51.0 Å². The Morgan fingerprint density at radius 2 is 1.77 bits per heavy atom. The highest BCUT2D eigenvalue weighted by molar-refractivity contribution is 9.10. The third-order valence-corrected chi connectivity index (χ3v) is 6.93. The molecule has 2 aromatic rings. The van der Waals surface area contributed by atoms with E-state index < -0.39 is 28.5 Å². The van der Waals surface area contributed by atoms with Crippen LogP contribution in [0.5, 0.6) is 0 Å². The third-order valence-electron chi connectivity index (χ3n) is 4.87. The van der Waals surface area contributed by atoms with E-state index >= 15 is 0 Å². The molecule has 0 saturated carbocycles. The predicted molar refractivity (Wildman–Crippen MR) is 127 cm³/mol. The second-order valence-corrected chi connectivity index (χ2v) is 10.3. The van der Waals surface area contributed by atoms with Crippen molar-refractivity contribution < 1.29 is 18.0 Å². The van der Waals surface area contributed by atoms with E-state index in [2.05, 4.69) is 21.2 Å². The van der Waals surface area contributed by atoms with Crippen molar-refractivity contribution in [1.82, 2.24) is 10.2 Å². The number of hydrogen-bond donors (Lipinski definition) is 1. The Labute approximate surface area is 196 Å². The maximum absolute atomic E-state index is 13.3. The van der Waals surface area contributed by atoms with E-state index in [-0.39, 0.29) is 12.5 Å². The van der Waals surface area contributed by atoms with Crippen molar-refractivity contribution in [2.45, 2.75) is 26.4 Å². The minimum Gasteiger partial charge on any atom is -0.357 e. The summed E-state index contributed by atoms with van der Waals surface area (Å²) in [4.78, 5) is 27.0. The summed E-state index contributed by atoms with van der Waals surface area (Å²) in [5.74, 6) is -0.862. The first-order valence-corrected chi connectivity index (χ1v) is 12.5. The fourth-order valence-corrected chi connectivity index (χ4v) is 4.37. The highest BCUT2D eigenvalue weighted by atomic mass is 79.9. The van der Waals surface area contributed by atoms with Gasteiger partial charge in [-0.3, -0.25) is 13.9 Å². The van der Waals surface area contributed by atoms with E-state index in [1.807, 2.05) is 24.3 Å². The van der Waals surface area contributed by atoms with Crippen molar-refractivity contribution in [3.05, 3.63) is 63.1 Å². The van der Waals surface area contributed by atoms with Gasteiger partial charge in [0.15, 0.2) is 0 Å². The number of nitrogens with zero attached hydrogens (tertiary/aromatic N) is 2. The zero-order valence-electron chi connectivity index (χ0n) is 17.7. The van der Waals surface area contributed by atoms with E-state index in [9.17, 15) is 18.0 Å². The molecule has 0 aromatic heterocycles. The first kappa shape index (κ1) is 25.2. The fourth-order valence-electron chi connectivity index (χ4n) is 3.04. The monoisotopic (exact) mass is 529 g/mol. The molecule has 0 aliphatic heterocycles. The van der Waals surface area contributed by atoms with Gasteiger partial charge in [0, 0.05) is 23.1 Å².